The molecule has 22 heavy (non-hydrogen) atoms. The zero-order valence-electron chi connectivity index (χ0n) is 12.7. The van der Waals surface area contributed by atoms with E-state index < -0.39 is 5.54 Å². The van der Waals surface area contributed by atoms with Crippen molar-refractivity contribution in [3.8, 4) is 5.75 Å². The van der Waals surface area contributed by atoms with Gasteiger partial charge in [-0.2, -0.15) is 0 Å². The van der Waals surface area contributed by atoms with Crippen molar-refractivity contribution in [3.05, 3.63) is 52.2 Å². The van der Waals surface area contributed by atoms with Gasteiger partial charge in [-0.3, -0.25) is 4.79 Å². The molecule has 3 nitrogen and oxygen atoms in total. The van der Waals surface area contributed by atoms with Gasteiger partial charge >= 0.3 is 0 Å². The van der Waals surface area contributed by atoms with Crippen LogP contribution in [0.1, 0.15) is 19.4 Å². The normalized spacial score (nSPS) is 11.5. The Hall–Kier alpha value is -1.62. The van der Waals surface area contributed by atoms with E-state index in [-0.39, 0.29) is 17.8 Å². The summed E-state index contributed by atoms with van der Waals surface area (Å²) in [6.45, 7) is 3.85. The summed E-state index contributed by atoms with van der Waals surface area (Å²) < 4.78 is 7.33. The highest BCUT2D eigenvalue weighted by Crippen LogP contribution is 2.37. The Morgan fingerprint density at radius 3 is 2.41 bits per heavy atom. The summed E-state index contributed by atoms with van der Waals surface area (Å²) in [5.41, 5.74) is 6.66. The van der Waals surface area contributed by atoms with E-state index in [2.05, 4.69) is 0 Å². The van der Waals surface area contributed by atoms with Crippen molar-refractivity contribution >= 4 is 43.9 Å². The van der Waals surface area contributed by atoms with Crippen LogP contribution in [-0.2, 0) is 5.54 Å². The molecule has 0 unspecified atom stereocenters. The molecule has 1 aromatic heterocycles. The van der Waals surface area contributed by atoms with Crippen LogP contribution < -0.4 is 15.9 Å². The van der Waals surface area contributed by atoms with Gasteiger partial charge in [0.25, 0.3) is 0 Å². The average molecular weight is 336 g/mol. The van der Waals surface area contributed by atoms with E-state index in [1.165, 1.54) is 0 Å². The van der Waals surface area contributed by atoms with Crippen molar-refractivity contribution in [2.24, 2.45) is 5.73 Å². The number of nitrogens with two attached hydrogens (primary N) is 1. The molecule has 1 heterocycles. The number of hydrogen-bond donors (Lipinski definition) is 1. The third kappa shape index (κ3) is 2.58. The van der Waals surface area contributed by atoms with Gasteiger partial charge in [-0.25, -0.2) is 0 Å². The zero-order valence-corrected chi connectivity index (χ0v) is 14.3. The van der Waals surface area contributed by atoms with Gasteiger partial charge in [0.2, 0.25) is 0 Å². The lowest BCUT2D eigenvalue weighted by Crippen LogP contribution is -2.29. The predicted molar refractivity (Wildman–Crippen MR) is 96.6 cm³/mol. The molecular weight excluding hydrogens is 318 g/mol. The average Bonchev–Trinajstić information content (AvgIpc) is 2.45. The molecule has 2 aromatic carbocycles. The van der Waals surface area contributed by atoms with E-state index in [9.17, 15) is 4.79 Å². The number of benzene rings is 2. The molecule has 0 bridgehead atoms. The Kier molecular flexibility index (Phi) is 4.47. The van der Waals surface area contributed by atoms with Crippen LogP contribution in [0.25, 0.3) is 20.2 Å². The first-order chi connectivity index (χ1) is 9.93. The van der Waals surface area contributed by atoms with E-state index >= 15 is 0 Å². The Balaban J connectivity index is 0.00000176. The van der Waals surface area contributed by atoms with Crippen molar-refractivity contribution < 1.29 is 4.74 Å². The quantitative estimate of drug-likeness (QED) is 0.719. The topological polar surface area (TPSA) is 52.3 Å². The van der Waals surface area contributed by atoms with Crippen molar-refractivity contribution in [1.29, 1.82) is 0 Å². The van der Waals surface area contributed by atoms with Crippen molar-refractivity contribution in [3.63, 3.8) is 0 Å². The number of ether oxygens (including phenoxy) is 1. The molecule has 3 rings (SSSR count). The van der Waals surface area contributed by atoms with Crippen LogP contribution in [0.3, 0.4) is 0 Å². The van der Waals surface area contributed by atoms with Gasteiger partial charge in [-0.15, -0.1) is 23.7 Å². The van der Waals surface area contributed by atoms with E-state index in [0.29, 0.717) is 5.39 Å². The SMILES string of the molecule is COc1ccc2c(=O)c3ccccc3sc2c1C(C)(C)N.Cl. The molecule has 0 aliphatic carbocycles. The summed E-state index contributed by atoms with van der Waals surface area (Å²) in [6, 6.07) is 11.3. The van der Waals surface area contributed by atoms with Crippen molar-refractivity contribution in [1.82, 2.24) is 0 Å². The number of methoxy groups -OCH3 is 1. The van der Waals surface area contributed by atoms with Crippen molar-refractivity contribution in [2.75, 3.05) is 7.11 Å². The molecule has 0 spiro atoms. The smallest absolute Gasteiger partial charge is 0.195 e. The van der Waals surface area contributed by atoms with Gasteiger partial charge in [0.15, 0.2) is 5.43 Å². The second-order valence-electron chi connectivity index (χ2n) is 5.67. The Morgan fingerprint density at radius 1 is 1.09 bits per heavy atom. The Labute approximate surface area is 139 Å². The first-order valence-electron chi connectivity index (χ1n) is 6.75. The lowest BCUT2D eigenvalue weighted by atomic mass is 9.93. The summed E-state index contributed by atoms with van der Waals surface area (Å²) in [7, 11) is 1.63. The Bertz CT molecular complexity index is 897. The number of hydrogen-bond acceptors (Lipinski definition) is 4. The van der Waals surface area contributed by atoms with Gasteiger partial charge in [-0.1, -0.05) is 12.1 Å². The second kappa shape index (κ2) is 5.88. The fraction of sp³-hybridized carbons (Fsp3) is 0.235. The van der Waals surface area contributed by atoms with Crippen LogP contribution in [0.15, 0.2) is 41.2 Å². The Morgan fingerprint density at radius 2 is 1.77 bits per heavy atom. The highest BCUT2D eigenvalue weighted by atomic mass is 35.5. The molecule has 0 aliphatic rings. The molecule has 3 aromatic rings. The molecule has 0 saturated heterocycles. The van der Waals surface area contributed by atoms with Gasteiger partial charge in [-0.05, 0) is 38.1 Å². The molecule has 2 N–H and O–H groups in total. The molecular formula is C17H18ClNO2S. The van der Waals surface area contributed by atoms with Crippen LogP contribution in [0.4, 0.5) is 0 Å². The zero-order chi connectivity index (χ0) is 15.2. The monoisotopic (exact) mass is 335 g/mol. The van der Waals surface area contributed by atoms with Gasteiger partial charge in [0.05, 0.1) is 7.11 Å². The summed E-state index contributed by atoms with van der Waals surface area (Å²) in [6.07, 6.45) is 0. The van der Waals surface area contributed by atoms with Gasteiger partial charge < -0.3 is 10.5 Å². The molecule has 116 valence electrons. The van der Waals surface area contributed by atoms with Crippen LogP contribution in [0.2, 0.25) is 0 Å². The first-order valence-corrected chi connectivity index (χ1v) is 7.57. The predicted octanol–water partition coefficient (Wildman–Crippen LogP) is 4.04. The maximum Gasteiger partial charge on any atom is 0.195 e. The summed E-state index contributed by atoms with van der Waals surface area (Å²) >= 11 is 1.59. The fourth-order valence-electron chi connectivity index (χ4n) is 2.63. The maximum atomic E-state index is 12.7. The van der Waals surface area contributed by atoms with E-state index in [0.717, 1.165) is 26.1 Å². The van der Waals surface area contributed by atoms with Crippen LogP contribution in [0.5, 0.6) is 5.75 Å². The minimum atomic E-state index is -0.587. The number of fused-ring (bicyclic) bond motifs is 2. The van der Waals surface area contributed by atoms with Crippen molar-refractivity contribution in [2.45, 2.75) is 19.4 Å². The van der Waals surface area contributed by atoms with E-state index in [1.54, 1.807) is 18.4 Å². The highest BCUT2D eigenvalue weighted by Gasteiger charge is 2.24. The van der Waals surface area contributed by atoms with E-state index in [1.807, 2.05) is 50.2 Å². The minimum Gasteiger partial charge on any atom is -0.496 e. The number of rotatable bonds is 2. The fourth-order valence-corrected chi connectivity index (χ4v) is 4.00. The van der Waals surface area contributed by atoms with Crippen LogP contribution >= 0.6 is 23.7 Å². The highest BCUT2D eigenvalue weighted by molar-refractivity contribution is 7.24. The third-order valence-corrected chi connectivity index (χ3v) is 4.78. The molecule has 5 heteroatoms. The largest absolute Gasteiger partial charge is 0.496 e. The minimum absolute atomic E-state index is 0. The molecule has 0 saturated carbocycles. The second-order valence-corrected chi connectivity index (χ2v) is 6.72. The lowest BCUT2D eigenvalue weighted by Gasteiger charge is -2.23. The summed E-state index contributed by atoms with van der Waals surface area (Å²) in [4.78, 5) is 12.7. The third-order valence-electron chi connectivity index (χ3n) is 3.57. The number of halogens is 1. The van der Waals surface area contributed by atoms with Gasteiger partial charge in [0, 0.05) is 31.3 Å². The van der Waals surface area contributed by atoms with Gasteiger partial charge in [0.1, 0.15) is 5.75 Å². The molecule has 0 amide bonds. The molecule has 0 aliphatic heterocycles. The van der Waals surface area contributed by atoms with Crippen LogP contribution in [0, 0.1) is 0 Å². The molecule has 0 radical (unpaired) electrons. The summed E-state index contributed by atoms with van der Waals surface area (Å²) in [5.74, 6) is 0.723. The maximum absolute atomic E-state index is 12.7. The van der Waals surface area contributed by atoms with E-state index in [4.69, 9.17) is 10.5 Å². The standard InChI is InChI=1S/C17H17NO2S.ClH/c1-17(2,18)14-12(20-3)9-8-11-15(19)10-6-4-5-7-13(10)21-16(11)14;/h4-9H,18H2,1-3H3;1H. The summed E-state index contributed by atoms with van der Waals surface area (Å²) in [5, 5.41) is 1.45. The van der Waals surface area contributed by atoms with Crippen LogP contribution in [-0.4, -0.2) is 7.11 Å². The first kappa shape index (κ1) is 16.7. The molecule has 0 atom stereocenters. The lowest BCUT2D eigenvalue weighted by molar-refractivity contribution is 0.396. The molecule has 0 fully saturated rings.